The molecule has 3 aromatic rings. The minimum atomic E-state index is -3.52. The number of benzene rings is 2. The van der Waals surface area contributed by atoms with Gasteiger partial charge in [0.05, 0.1) is 16.3 Å². The number of nitrogens with zero attached hydrogens (tertiary/aromatic N) is 2. The zero-order chi connectivity index (χ0) is 18.7. The van der Waals surface area contributed by atoms with Gasteiger partial charge in [-0.15, -0.1) is 0 Å². The van der Waals surface area contributed by atoms with Crippen LogP contribution in [0, 0.1) is 6.92 Å². The molecule has 0 aliphatic heterocycles. The Labute approximate surface area is 166 Å². The molecule has 0 spiro atoms. The van der Waals surface area contributed by atoms with Crippen molar-refractivity contribution in [3.05, 3.63) is 76.2 Å². The van der Waals surface area contributed by atoms with Gasteiger partial charge in [-0.3, -0.25) is 0 Å². The molecular weight excluding hydrogens is 411 g/mol. The van der Waals surface area contributed by atoms with E-state index in [1.165, 1.54) is 23.9 Å². The minimum absolute atomic E-state index is 0.207. The zero-order valence-electron chi connectivity index (χ0n) is 13.7. The lowest BCUT2D eigenvalue weighted by Gasteiger charge is -2.08. The summed E-state index contributed by atoms with van der Waals surface area (Å²) in [5.41, 5.74) is 0.442. The van der Waals surface area contributed by atoms with Crippen LogP contribution in [0.4, 0.5) is 0 Å². The number of sulfone groups is 1. The molecule has 0 saturated carbocycles. The molecule has 0 aliphatic carbocycles. The summed E-state index contributed by atoms with van der Waals surface area (Å²) in [6.45, 7) is 1.74. The second kappa shape index (κ2) is 7.96. The maximum Gasteiger partial charge on any atom is 0.184 e. The molecule has 0 unspecified atom stereocenters. The molecular formula is C18H14Cl2N2O2S2. The predicted molar refractivity (Wildman–Crippen MR) is 105 cm³/mol. The lowest BCUT2D eigenvalue weighted by molar-refractivity contribution is 0.594. The maximum atomic E-state index is 12.6. The third-order valence-electron chi connectivity index (χ3n) is 3.40. The number of aryl methyl sites for hydroxylation is 1. The normalized spacial score (nSPS) is 11.5. The molecule has 2 aromatic carbocycles. The van der Waals surface area contributed by atoms with Gasteiger partial charge in [0.15, 0.2) is 9.84 Å². The summed E-state index contributed by atoms with van der Waals surface area (Å²) in [4.78, 5) is 9.76. The molecule has 0 N–H and O–H groups in total. The maximum absolute atomic E-state index is 12.6. The van der Waals surface area contributed by atoms with Crippen LogP contribution in [0.15, 0.2) is 69.4 Å². The van der Waals surface area contributed by atoms with Gasteiger partial charge in [-0.1, -0.05) is 41.0 Å². The van der Waals surface area contributed by atoms with Gasteiger partial charge >= 0.3 is 0 Å². The summed E-state index contributed by atoms with van der Waals surface area (Å²) < 4.78 is 25.2. The highest BCUT2D eigenvalue weighted by molar-refractivity contribution is 7.99. The van der Waals surface area contributed by atoms with Gasteiger partial charge in [0.2, 0.25) is 0 Å². The topological polar surface area (TPSA) is 59.9 Å². The van der Waals surface area contributed by atoms with Crippen LogP contribution >= 0.6 is 35.0 Å². The second-order valence-corrected chi connectivity index (χ2v) is 9.47. The van der Waals surface area contributed by atoms with E-state index in [4.69, 9.17) is 23.2 Å². The van der Waals surface area contributed by atoms with Crippen LogP contribution in [0.5, 0.6) is 0 Å². The summed E-state index contributed by atoms with van der Waals surface area (Å²) in [5, 5.41) is 1.79. The molecule has 134 valence electrons. The van der Waals surface area contributed by atoms with Crippen molar-refractivity contribution >= 4 is 44.8 Å². The highest BCUT2D eigenvalue weighted by atomic mass is 35.5. The first kappa shape index (κ1) is 19.2. The number of rotatable bonds is 5. The lowest BCUT2D eigenvalue weighted by Crippen LogP contribution is -2.08. The zero-order valence-corrected chi connectivity index (χ0v) is 16.8. The highest BCUT2D eigenvalue weighted by Crippen LogP contribution is 2.29. The molecule has 4 nitrogen and oxygen atoms in total. The highest BCUT2D eigenvalue weighted by Gasteiger charge is 2.17. The fourth-order valence-electron chi connectivity index (χ4n) is 2.30. The third kappa shape index (κ3) is 4.98. The van der Waals surface area contributed by atoms with E-state index in [0.29, 0.717) is 26.6 Å². The fourth-order valence-corrected chi connectivity index (χ4v) is 4.88. The van der Waals surface area contributed by atoms with Crippen molar-refractivity contribution in [2.75, 3.05) is 0 Å². The number of halogens is 2. The van der Waals surface area contributed by atoms with Crippen LogP contribution in [0.3, 0.4) is 0 Å². The molecule has 0 amide bonds. The van der Waals surface area contributed by atoms with Crippen LogP contribution < -0.4 is 0 Å². The van der Waals surface area contributed by atoms with Crippen molar-refractivity contribution < 1.29 is 8.42 Å². The number of hydrogen-bond donors (Lipinski definition) is 0. The first-order valence-corrected chi connectivity index (χ1v) is 10.8. The Morgan fingerprint density at radius 3 is 2.38 bits per heavy atom. The van der Waals surface area contributed by atoms with Gasteiger partial charge in [-0.05, 0) is 55.5 Å². The van der Waals surface area contributed by atoms with Crippen LogP contribution in [0.1, 0.15) is 11.5 Å². The Hall–Kier alpha value is -1.60. The molecule has 1 aromatic heterocycles. The molecule has 0 atom stereocenters. The predicted octanol–water partition coefficient (Wildman–Crippen LogP) is 5.22. The van der Waals surface area contributed by atoms with E-state index in [9.17, 15) is 8.42 Å². The van der Waals surface area contributed by atoms with Gasteiger partial charge in [-0.25, -0.2) is 18.4 Å². The Bertz CT molecular complexity index is 1040. The van der Waals surface area contributed by atoms with Crippen LogP contribution in [-0.4, -0.2) is 18.4 Å². The van der Waals surface area contributed by atoms with E-state index in [1.54, 1.807) is 31.2 Å². The average molecular weight is 425 g/mol. The SMILES string of the molecule is Cc1nc(CS(=O)(=O)c2ccc(Cl)cc2)cc(Sc2cccc(Cl)c2)n1. The lowest BCUT2D eigenvalue weighted by atomic mass is 10.4. The van der Waals surface area contributed by atoms with Gasteiger partial charge in [0, 0.05) is 14.9 Å². The molecule has 8 heteroatoms. The minimum Gasteiger partial charge on any atom is -0.237 e. The molecule has 26 heavy (non-hydrogen) atoms. The standard InChI is InChI=1S/C18H14Cl2N2O2S2/c1-12-21-15(11-26(23,24)17-7-5-13(19)6-8-17)10-18(22-12)25-16-4-2-3-14(20)9-16/h2-10H,11H2,1H3. The monoisotopic (exact) mass is 424 g/mol. The van der Waals surface area contributed by atoms with Gasteiger partial charge in [-0.2, -0.15) is 0 Å². The van der Waals surface area contributed by atoms with E-state index in [2.05, 4.69) is 9.97 Å². The Balaban J connectivity index is 1.86. The second-order valence-electron chi connectivity index (χ2n) is 5.52. The average Bonchev–Trinajstić information content (AvgIpc) is 2.54. The summed E-state index contributed by atoms with van der Waals surface area (Å²) >= 11 is 13.2. The molecule has 3 rings (SSSR count). The summed E-state index contributed by atoms with van der Waals surface area (Å²) in [7, 11) is -3.52. The Morgan fingerprint density at radius 1 is 0.962 bits per heavy atom. The van der Waals surface area contributed by atoms with Crippen molar-refractivity contribution in [3.8, 4) is 0 Å². The summed E-state index contributed by atoms with van der Waals surface area (Å²) in [6.07, 6.45) is 0. The number of hydrogen-bond acceptors (Lipinski definition) is 5. The molecule has 0 bridgehead atoms. The summed E-state index contributed by atoms with van der Waals surface area (Å²) in [5.74, 6) is 0.305. The fraction of sp³-hybridized carbons (Fsp3) is 0.111. The van der Waals surface area contributed by atoms with Crippen LogP contribution in [0.2, 0.25) is 10.0 Å². The first-order chi connectivity index (χ1) is 12.3. The van der Waals surface area contributed by atoms with Crippen molar-refractivity contribution in [3.63, 3.8) is 0 Å². The summed E-state index contributed by atoms with van der Waals surface area (Å²) in [6, 6.07) is 15.2. The molecule has 0 fully saturated rings. The van der Waals surface area contributed by atoms with E-state index >= 15 is 0 Å². The van der Waals surface area contributed by atoms with Crippen molar-refractivity contribution in [1.82, 2.24) is 9.97 Å². The largest absolute Gasteiger partial charge is 0.237 e. The molecule has 0 saturated heterocycles. The quantitative estimate of drug-likeness (QED) is 0.525. The number of aromatic nitrogens is 2. The molecule has 0 aliphatic rings. The van der Waals surface area contributed by atoms with E-state index in [1.807, 2.05) is 18.2 Å². The third-order valence-corrected chi connectivity index (χ3v) is 6.46. The van der Waals surface area contributed by atoms with E-state index < -0.39 is 9.84 Å². The molecule has 1 heterocycles. The van der Waals surface area contributed by atoms with Gasteiger partial charge < -0.3 is 0 Å². The van der Waals surface area contributed by atoms with Gasteiger partial charge in [0.1, 0.15) is 10.9 Å². The van der Waals surface area contributed by atoms with Crippen molar-refractivity contribution in [1.29, 1.82) is 0 Å². The Morgan fingerprint density at radius 2 is 1.69 bits per heavy atom. The van der Waals surface area contributed by atoms with E-state index in [0.717, 1.165) is 4.90 Å². The van der Waals surface area contributed by atoms with Crippen molar-refractivity contribution in [2.45, 2.75) is 27.5 Å². The Kier molecular flexibility index (Phi) is 5.87. The smallest absolute Gasteiger partial charge is 0.184 e. The first-order valence-electron chi connectivity index (χ1n) is 7.58. The van der Waals surface area contributed by atoms with Crippen LogP contribution in [-0.2, 0) is 15.6 Å². The van der Waals surface area contributed by atoms with Gasteiger partial charge in [0.25, 0.3) is 0 Å². The van der Waals surface area contributed by atoms with E-state index in [-0.39, 0.29) is 10.6 Å². The van der Waals surface area contributed by atoms with Crippen molar-refractivity contribution in [2.24, 2.45) is 0 Å². The van der Waals surface area contributed by atoms with Crippen LogP contribution in [0.25, 0.3) is 0 Å². The molecule has 0 radical (unpaired) electrons.